The summed E-state index contributed by atoms with van der Waals surface area (Å²) in [7, 11) is 3.61. The Morgan fingerprint density at radius 1 is 1.19 bits per heavy atom. The highest BCUT2D eigenvalue weighted by molar-refractivity contribution is 6.30. The van der Waals surface area contributed by atoms with E-state index >= 15 is 0 Å². The molecule has 0 spiro atoms. The minimum atomic E-state index is -0.0363. The molecule has 0 aliphatic heterocycles. The van der Waals surface area contributed by atoms with Crippen LogP contribution in [-0.2, 0) is 11.3 Å². The highest BCUT2D eigenvalue weighted by Crippen LogP contribution is 2.27. The third-order valence-electron chi connectivity index (χ3n) is 3.96. The van der Waals surface area contributed by atoms with E-state index in [1.54, 1.807) is 13.2 Å². The third kappa shape index (κ3) is 5.64. The highest BCUT2D eigenvalue weighted by atomic mass is 35.5. The van der Waals surface area contributed by atoms with Crippen LogP contribution in [0.25, 0.3) is 0 Å². The zero-order valence-electron chi connectivity index (χ0n) is 15.7. The molecule has 0 radical (unpaired) electrons. The second-order valence-electron chi connectivity index (χ2n) is 6.24. The van der Waals surface area contributed by atoms with Gasteiger partial charge in [-0.15, -0.1) is 0 Å². The maximum Gasteiger partial charge on any atom is 0.279 e. The van der Waals surface area contributed by atoms with Gasteiger partial charge in [-0.3, -0.25) is 4.79 Å². The average Bonchev–Trinajstić information content (AvgIpc) is 2.58. The smallest absolute Gasteiger partial charge is 0.279 e. The van der Waals surface area contributed by atoms with Gasteiger partial charge in [-0.1, -0.05) is 11.6 Å². The van der Waals surface area contributed by atoms with Crippen LogP contribution in [0.2, 0.25) is 5.02 Å². The van der Waals surface area contributed by atoms with E-state index < -0.39 is 0 Å². The molecule has 1 unspecified atom stereocenters. The number of amides is 1. The summed E-state index contributed by atoms with van der Waals surface area (Å²) >= 11 is 5.95. The molecule has 2 rings (SSSR count). The van der Waals surface area contributed by atoms with Crippen molar-refractivity contribution < 1.29 is 19.2 Å². The van der Waals surface area contributed by atoms with Gasteiger partial charge in [-0.2, -0.15) is 0 Å². The first-order valence-electron chi connectivity index (χ1n) is 8.60. The SMILES string of the molecule is CCOc1ccc(C[NH+](C)CC(=O)Nc2ccc(Cl)cc2C)cc1OC. The van der Waals surface area contributed by atoms with Gasteiger partial charge in [0.15, 0.2) is 18.0 Å². The van der Waals surface area contributed by atoms with Crippen molar-refractivity contribution >= 4 is 23.2 Å². The summed E-state index contributed by atoms with van der Waals surface area (Å²) in [6, 6.07) is 11.3. The molecule has 0 aliphatic rings. The van der Waals surface area contributed by atoms with Crippen LogP contribution >= 0.6 is 11.6 Å². The molecule has 1 amide bonds. The molecule has 0 aromatic heterocycles. The van der Waals surface area contributed by atoms with Crippen LogP contribution in [0, 0.1) is 6.92 Å². The monoisotopic (exact) mass is 377 g/mol. The molecule has 2 aromatic rings. The lowest BCUT2D eigenvalue weighted by Crippen LogP contribution is -3.08. The number of carbonyl (C=O) groups excluding carboxylic acids is 1. The van der Waals surface area contributed by atoms with Gasteiger partial charge in [0.25, 0.3) is 5.91 Å². The van der Waals surface area contributed by atoms with Crippen LogP contribution in [-0.4, -0.2) is 33.2 Å². The van der Waals surface area contributed by atoms with Crippen LogP contribution < -0.4 is 19.7 Å². The number of aryl methyl sites for hydroxylation is 1. The lowest BCUT2D eigenvalue weighted by atomic mass is 10.2. The van der Waals surface area contributed by atoms with Gasteiger partial charge < -0.3 is 19.7 Å². The van der Waals surface area contributed by atoms with Gasteiger partial charge in [0.1, 0.15) is 6.54 Å². The van der Waals surface area contributed by atoms with Crippen molar-refractivity contribution in [3.05, 3.63) is 52.5 Å². The molecule has 2 N–H and O–H groups in total. The molecule has 0 heterocycles. The van der Waals surface area contributed by atoms with Crippen molar-refractivity contribution in [2.75, 3.05) is 32.6 Å². The first-order valence-corrected chi connectivity index (χ1v) is 8.97. The molecule has 0 bridgehead atoms. The number of anilines is 1. The lowest BCUT2D eigenvalue weighted by Gasteiger charge is -2.16. The summed E-state index contributed by atoms with van der Waals surface area (Å²) < 4.78 is 10.9. The second kappa shape index (κ2) is 9.46. The molecular formula is C20H26ClN2O3+. The van der Waals surface area contributed by atoms with Crippen molar-refractivity contribution in [3.63, 3.8) is 0 Å². The molecule has 0 aliphatic carbocycles. The number of ether oxygens (including phenoxy) is 2. The topological polar surface area (TPSA) is 52.0 Å². The number of nitrogens with one attached hydrogen (secondary N) is 2. The summed E-state index contributed by atoms with van der Waals surface area (Å²) in [4.78, 5) is 13.4. The predicted octanol–water partition coefficient (Wildman–Crippen LogP) is 2.71. The second-order valence-corrected chi connectivity index (χ2v) is 6.67. The third-order valence-corrected chi connectivity index (χ3v) is 4.19. The van der Waals surface area contributed by atoms with E-state index in [9.17, 15) is 4.79 Å². The van der Waals surface area contributed by atoms with E-state index in [0.29, 0.717) is 30.5 Å². The van der Waals surface area contributed by atoms with Crippen molar-refractivity contribution in [3.8, 4) is 11.5 Å². The van der Waals surface area contributed by atoms with Crippen molar-refractivity contribution in [1.82, 2.24) is 0 Å². The predicted molar refractivity (Wildman–Crippen MR) is 104 cm³/mol. The van der Waals surface area contributed by atoms with E-state index in [1.807, 2.05) is 51.2 Å². The average molecular weight is 378 g/mol. The van der Waals surface area contributed by atoms with Crippen LogP contribution in [0.1, 0.15) is 18.1 Å². The van der Waals surface area contributed by atoms with E-state index in [-0.39, 0.29) is 5.91 Å². The zero-order chi connectivity index (χ0) is 19.1. The largest absolute Gasteiger partial charge is 0.493 e. The molecule has 26 heavy (non-hydrogen) atoms. The van der Waals surface area contributed by atoms with E-state index in [0.717, 1.165) is 27.5 Å². The number of benzene rings is 2. The number of halogens is 1. The fraction of sp³-hybridized carbons (Fsp3) is 0.350. The number of hydrogen-bond donors (Lipinski definition) is 2. The number of carbonyl (C=O) groups is 1. The van der Waals surface area contributed by atoms with Gasteiger partial charge in [-0.05, 0) is 55.8 Å². The number of methoxy groups -OCH3 is 1. The minimum Gasteiger partial charge on any atom is -0.493 e. The van der Waals surface area contributed by atoms with E-state index in [4.69, 9.17) is 21.1 Å². The molecule has 6 heteroatoms. The molecule has 5 nitrogen and oxygen atoms in total. The Kier molecular flexibility index (Phi) is 7.30. The van der Waals surface area contributed by atoms with E-state index in [1.165, 1.54) is 0 Å². The number of quaternary nitrogens is 1. The van der Waals surface area contributed by atoms with Gasteiger partial charge in [-0.25, -0.2) is 0 Å². The normalized spacial score (nSPS) is 11.7. The standard InChI is InChI=1S/C20H25ClN2O3/c1-5-26-18-9-6-15(11-19(18)25-4)12-23(3)13-20(24)22-17-8-7-16(21)10-14(17)2/h6-11H,5,12-13H2,1-4H3,(H,22,24)/p+1. The number of likely N-dealkylation sites (N-methyl/N-ethyl adjacent to an activating group) is 1. The lowest BCUT2D eigenvalue weighted by molar-refractivity contribution is -0.885. The summed E-state index contributed by atoms with van der Waals surface area (Å²) in [5, 5.41) is 3.60. The Morgan fingerprint density at radius 2 is 1.96 bits per heavy atom. The number of rotatable bonds is 8. The Morgan fingerprint density at radius 3 is 2.62 bits per heavy atom. The van der Waals surface area contributed by atoms with Gasteiger partial charge in [0.2, 0.25) is 0 Å². The minimum absolute atomic E-state index is 0.0363. The van der Waals surface area contributed by atoms with Crippen LogP contribution in [0.5, 0.6) is 11.5 Å². The quantitative estimate of drug-likeness (QED) is 0.743. The Bertz CT molecular complexity index is 765. The summed E-state index contributed by atoms with van der Waals surface area (Å²) in [6.07, 6.45) is 0. The molecule has 2 aromatic carbocycles. The Labute approximate surface area is 159 Å². The first-order chi connectivity index (χ1) is 12.4. The maximum atomic E-state index is 12.3. The molecule has 1 atom stereocenters. The molecule has 0 saturated heterocycles. The van der Waals surface area contributed by atoms with Gasteiger partial charge >= 0.3 is 0 Å². The van der Waals surface area contributed by atoms with Crippen molar-refractivity contribution in [2.24, 2.45) is 0 Å². The Balaban J connectivity index is 1.95. The fourth-order valence-electron chi connectivity index (χ4n) is 2.74. The zero-order valence-corrected chi connectivity index (χ0v) is 16.4. The highest BCUT2D eigenvalue weighted by Gasteiger charge is 2.13. The van der Waals surface area contributed by atoms with Gasteiger partial charge in [0, 0.05) is 16.3 Å². The number of hydrogen-bond acceptors (Lipinski definition) is 3. The molecular weight excluding hydrogens is 352 g/mol. The van der Waals surface area contributed by atoms with Gasteiger partial charge in [0.05, 0.1) is 20.8 Å². The van der Waals surface area contributed by atoms with Crippen LogP contribution in [0.4, 0.5) is 5.69 Å². The molecule has 0 saturated carbocycles. The Hall–Kier alpha value is -2.24. The summed E-state index contributed by atoms with van der Waals surface area (Å²) in [5.41, 5.74) is 2.81. The van der Waals surface area contributed by atoms with Crippen molar-refractivity contribution in [2.45, 2.75) is 20.4 Å². The van der Waals surface area contributed by atoms with Crippen molar-refractivity contribution in [1.29, 1.82) is 0 Å². The van der Waals surface area contributed by atoms with Crippen LogP contribution in [0.3, 0.4) is 0 Å². The summed E-state index contributed by atoms with van der Waals surface area (Å²) in [6.45, 7) is 5.51. The molecule has 140 valence electrons. The maximum absolute atomic E-state index is 12.3. The van der Waals surface area contributed by atoms with Crippen LogP contribution in [0.15, 0.2) is 36.4 Å². The summed E-state index contributed by atoms with van der Waals surface area (Å²) in [5.74, 6) is 1.40. The fourth-order valence-corrected chi connectivity index (χ4v) is 2.97. The first kappa shape index (κ1) is 20.1. The van der Waals surface area contributed by atoms with E-state index in [2.05, 4.69) is 5.32 Å². The molecule has 0 fully saturated rings.